The molecule has 1 aliphatic rings. The summed E-state index contributed by atoms with van der Waals surface area (Å²) in [5, 5.41) is 15.8. The summed E-state index contributed by atoms with van der Waals surface area (Å²) in [6.07, 6.45) is 0.545. The van der Waals surface area contributed by atoms with Gasteiger partial charge in [-0.15, -0.1) is 0 Å². The van der Waals surface area contributed by atoms with Gasteiger partial charge in [-0.05, 0) is 34.1 Å². The molecule has 7 heteroatoms. The third-order valence-electron chi connectivity index (χ3n) is 3.82. The maximum Gasteiger partial charge on any atom is 0.337 e. The number of nitro benzene ring substituents is 1. The van der Waals surface area contributed by atoms with Gasteiger partial charge in [0.1, 0.15) is 5.60 Å². The van der Waals surface area contributed by atoms with Crippen molar-refractivity contribution in [3.05, 3.63) is 51.2 Å². The van der Waals surface area contributed by atoms with Crippen LogP contribution in [0.5, 0.6) is 0 Å². The minimum Gasteiger partial charge on any atom is -0.457 e. The number of ether oxygens (including phenoxy) is 1. The van der Waals surface area contributed by atoms with Crippen LogP contribution >= 0.6 is 0 Å². The lowest BCUT2D eigenvalue weighted by molar-refractivity contribution is -0.385. The highest BCUT2D eigenvalue weighted by atomic mass is 16.6. The average Bonchev–Trinajstić information content (AvgIpc) is 2.52. The number of nitrogens with zero attached hydrogens (tertiary/aromatic N) is 2. The molecule has 134 valence electrons. The molecular formula is C18H23N3O4. The number of hydrazone groups is 1. The maximum atomic E-state index is 12.8. The number of carbonyl (C=O) groups is 1. The highest BCUT2D eigenvalue weighted by Crippen LogP contribution is 2.37. The number of hydrogen-bond donors (Lipinski definition) is 1. The first-order valence-electron chi connectivity index (χ1n) is 8.15. The first-order chi connectivity index (χ1) is 11.7. The summed E-state index contributed by atoms with van der Waals surface area (Å²) in [5.41, 5.74) is 4.13. The Balaban J connectivity index is 2.60. The lowest BCUT2D eigenvalue weighted by atomic mass is 9.83. The molecule has 0 radical (unpaired) electrons. The molecule has 1 aromatic rings. The van der Waals surface area contributed by atoms with E-state index in [-0.39, 0.29) is 5.69 Å². The molecule has 1 atom stereocenters. The van der Waals surface area contributed by atoms with E-state index in [1.54, 1.807) is 45.9 Å². The second kappa shape index (κ2) is 7.04. The predicted octanol–water partition coefficient (Wildman–Crippen LogP) is 3.66. The Hall–Kier alpha value is -2.70. The fraction of sp³-hybridized carbons (Fsp3) is 0.444. The van der Waals surface area contributed by atoms with Gasteiger partial charge in [-0.2, -0.15) is 5.10 Å². The van der Waals surface area contributed by atoms with Crippen molar-refractivity contribution in [2.75, 3.05) is 0 Å². The molecule has 1 aromatic carbocycles. The summed E-state index contributed by atoms with van der Waals surface area (Å²) in [6, 6.07) is 6.43. The monoisotopic (exact) mass is 345 g/mol. The number of hydrogen-bond acceptors (Lipinski definition) is 6. The average molecular weight is 345 g/mol. The molecule has 0 saturated carbocycles. The van der Waals surface area contributed by atoms with Gasteiger partial charge in [-0.25, -0.2) is 4.79 Å². The van der Waals surface area contributed by atoms with Crippen LogP contribution < -0.4 is 5.43 Å². The third kappa shape index (κ3) is 4.04. The fourth-order valence-corrected chi connectivity index (χ4v) is 2.78. The first-order valence-corrected chi connectivity index (χ1v) is 8.15. The van der Waals surface area contributed by atoms with Crippen molar-refractivity contribution < 1.29 is 14.5 Å². The highest BCUT2D eigenvalue weighted by molar-refractivity contribution is 6.05. The molecule has 7 nitrogen and oxygen atoms in total. The highest BCUT2D eigenvalue weighted by Gasteiger charge is 2.37. The van der Waals surface area contributed by atoms with Gasteiger partial charge in [-0.3, -0.25) is 15.5 Å². The Morgan fingerprint density at radius 1 is 1.36 bits per heavy atom. The van der Waals surface area contributed by atoms with E-state index in [1.807, 2.05) is 6.92 Å². The third-order valence-corrected chi connectivity index (χ3v) is 3.82. The van der Waals surface area contributed by atoms with Crippen molar-refractivity contribution in [3.8, 4) is 0 Å². The van der Waals surface area contributed by atoms with E-state index in [0.717, 1.165) is 0 Å². The predicted molar refractivity (Wildman–Crippen MR) is 95.2 cm³/mol. The van der Waals surface area contributed by atoms with Crippen molar-refractivity contribution in [1.82, 2.24) is 5.43 Å². The van der Waals surface area contributed by atoms with Crippen LogP contribution in [0, 0.1) is 10.1 Å². The van der Waals surface area contributed by atoms with Gasteiger partial charge in [-0.1, -0.05) is 25.1 Å². The Morgan fingerprint density at radius 3 is 2.56 bits per heavy atom. The zero-order chi connectivity index (χ0) is 18.8. The van der Waals surface area contributed by atoms with Crippen LogP contribution in [0.15, 0.2) is 40.6 Å². The van der Waals surface area contributed by atoms with E-state index in [1.165, 1.54) is 6.07 Å². The van der Waals surface area contributed by atoms with Crippen LogP contribution in [-0.4, -0.2) is 22.2 Å². The Kier molecular flexibility index (Phi) is 5.25. The molecular weight excluding hydrogens is 322 g/mol. The van der Waals surface area contributed by atoms with Gasteiger partial charge in [0.05, 0.1) is 22.1 Å². The second-order valence-electron chi connectivity index (χ2n) is 6.86. The molecule has 0 spiro atoms. The number of carbonyl (C=O) groups excluding carboxylic acids is 1. The number of nitrogens with one attached hydrogen (secondary N) is 1. The van der Waals surface area contributed by atoms with Crippen molar-refractivity contribution in [1.29, 1.82) is 0 Å². The van der Waals surface area contributed by atoms with Crippen LogP contribution in [-0.2, 0) is 9.53 Å². The van der Waals surface area contributed by atoms with Gasteiger partial charge in [0, 0.05) is 17.3 Å². The summed E-state index contributed by atoms with van der Waals surface area (Å²) in [4.78, 5) is 23.8. The molecule has 0 aromatic heterocycles. The van der Waals surface area contributed by atoms with E-state index in [9.17, 15) is 14.9 Å². The van der Waals surface area contributed by atoms with Crippen molar-refractivity contribution >= 4 is 17.4 Å². The summed E-state index contributed by atoms with van der Waals surface area (Å²) >= 11 is 0. The lowest BCUT2D eigenvalue weighted by Gasteiger charge is -2.29. The van der Waals surface area contributed by atoms with Crippen molar-refractivity contribution in [3.63, 3.8) is 0 Å². The van der Waals surface area contributed by atoms with Gasteiger partial charge in [0.25, 0.3) is 5.69 Å². The van der Waals surface area contributed by atoms with Gasteiger partial charge in [0.15, 0.2) is 0 Å². The topological polar surface area (TPSA) is 93.8 Å². The number of benzene rings is 1. The van der Waals surface area contributed by atoms with Crippen LogP contribution in [0.3, 0.4) is 0 Å². The maximum absolute atomic E-state index is 12.8. The van der Waals surface area contributed by atoms with Crippen LogP contribution in [0.4, 0.5) is 5.69 Å². The number of rotatable bonds is 4. The van der Waals surface area contributed by atoms with E-state index in [4.69, 9.17) is 4.74 Å². The quantitative estimate of drug-likeness (QED) is 0.510. The molecule has 0 amide bonds. The summed E-state index contributed by atoms with van der Waals surface area (Å²) in [7, 11) is 0. The van der Waals surface area contributed by atoms with Gasteiger partial charge < -0.3 is 4.74 Å². The van der Waals surface area contributed by atoms with Crippen molar-refractivity contribution in [2.45, 2.75) is 52.6 Å². The first kappa shape index (κ1) is 18.6. The fourth-order valence-electron chi connectivity index (χ4n) is 2.78. The molecule has 1 heterocycles. The van der Waals surface area contributed by atoms with Crippen molar-refractivity contribution in [2.24, 2.45) is 5.10 Å². The smallest absolute Gasteiger partial charge is 0.337 e. The van der Waals surface area contributed by atoms with E-state index in [2.05, 4.69) is 10.5 Å². The molecule has 0 aliphatic carbocycles. The molecule has 25 heavy (non-hydrogen) atoms. The molecule has 1 N–H and O–H groups in total. The molecule has 0 bridgehead atoms. The minimum absolute atomic E-state index is 0.0376. The lowest BCUT2D eigenvalue weighted by Crippen LogP contribution is -2.34. The largest absolute Gasteiger partial charge is 0.457 e. The molecule has 1 unspecified atom stereocenters. The Labute approximate surface area is 146 Å². The number of para-hydroxylation sites is 1. The molecule has 1 aliphatic heterocycles. The zero-order valence-corrected chi connectivity index (χ0v) is 15.1. The normalized spacial score (nSPS) is 17.6. The van der Waals surface area contributed by atoms with Crippen LogP contribution in [0.1, 0.15) is 52.5 Å². The molecule has 0 fully saturated rings. The van der Waals surface area contributed by atoms with Gasteiger partial charge in [0.2, 0.25) is 0 Å². The minimum atomic E-state index is -0.668. The SMILES string of the molecule is CCC1=NNC(C)=C(C(=O)OC(C)(C)C)C1c1ccccc1[N+](=O)[O-]. The van der Waals surface area contributed by atoms with E-state index >= 15 is 0 Å². The van der Waals surface area contributed by atoms with Crippen LogP contribution in [0.25, 0.3) is 0 Å². The Bertz CT molecular complexity index is 760. The molecule has 2 rings (SSSR count). The summed E-state index contributed by atoms with van der Waals surface area (Å²) < 4.78 is 5.53. The summed E-state index contributed by atoms with van der Waals surface area (Å²) in [5.74, 6) is -1.11. The number of esters is 1. The number of nitro groups is 1. The standard InChI is InChI=1S/C18H23N3O4/c1-6-13-16(12-9-7-8-10-14(12)21(23)24)15(11(2)19-20-13)17(22)25-18(3,4)5/h7-10,16,19H,6H2,1-5H3. The molecule has 0 saturated heterocycles. The zero-order valence-electron chi connectivity index (χ0n) is 15.1. The van der Waals surface area contributed by atoms with Crippen LogP contribution in [0.2, 0.25) is 0 Å². The Morgan fingerprint density at radius 2 is 2.00 bits per heavy atom. The summed E-state index contributed by atoms with van der Waals surface area (Å²) in [6.45, 7) is 8.97. The van der Waals surface area contributed by atoms with Gasteiger partial charge >= 0.3 is 5.97 Å². The van der Waals surface area contributed by atoms with E-state index < -0.39 is 22.4 Å². The second-order valence-corrected chi connectivity index (χ2v) is 6.86. The van der Waals surface area contributed by atoms with E-state index in [0.29, 0.717) is 29.0 Å². The number of allylic oxidation sites excluding steroid dienone is 1.